The third-order valence-electron chi connectivity index (χ3n) is 4.12. The molecule has 0 spiro atoms. The molecule has 1 aromatic heterocycles. The first-order valence-corrected chi connectivity index (χ1v) is 8.61. The number of ketones is 1. The first-order chi connectivity index (χ1) is 12.6. The largest absolute Gasteiger partial charge is 0.444 e. The predicted octanol–water partition coefficient (Wildman–Crippen LogP) is 0.239. The van der Waals surface area contributed by atoms with Crippen LogP contribution in [0.2, 0.25) is 0 Å². The lowest BCUT2D eigenvalue weighted by Gasteiger charge is -2.50. The van der Waals surface area contributed by atoms with Gasteiger partial charge in [0.05, 0.1) is 26.9 Å². The van der Waals surface area contributed by atoms with E-state index in [1.54, 1.807) is 27.7 Å². The van der Waals surface area contributed by atoms with Crippen LogP contribution < -0.4 is 5.73 Å². The minimum atomic E-state index is -2.92. The zero-order chi connectivity index (χ0) is 21.7. The van der Waals surface area contributed by atoms with Crippen LogP contribution in [-0.2, 0) is 21.9 Å². The summed E-state index contributed by atoms with van der Waals surface area (Å²) in [6.45, 7) is 7.71. The van der Waals surface area contributed by atoms with Gasteiger partial charge in [0.1, 0.15) is 5.60 Å². The molecule has 0 fully saturated rings. The predicted molar refractivity (Wildman–Crippen MR) is 104 cm³/mol. The van der Waals surface area contributed by atoms with Gasteiger partial charge in [0.25, 0.3) is 5.91 Å². The maximum Gasteiger partial charge on any atom is 0.413 e. The first kappa shape index (κ1) is 22.0. The van der Waals surface area contributed by atoms with Crippen LogP contribution in [0.15, 0.2) is 18.0 Å². The molecule has 0 saturated carbocycles. The highest BCUT2D eigenvalue weighted by atomic mass is 16.6. The molecule has 4 N–H and O–H groups in total. The summed E-state index contributed by atoms with van der Waals surface area (Å²) < 4.78 is 5.22. The number of rotatable bonds is 2. The summed E-state index contributed by atoms with van der Waals surface area (Å²) in [4.78, 5) is 29.2. The van der Waals surface area contributed by atoms with Crippen molar-refractivity contribution in [3.05, 3.63) is 34.8 Å². The van der Waals surface area contributed by atoms with Crippen molar-refractivity contribution in [2.24, 2.45) is 5.73 Å². The SMILES string of the molecule is [B]C1([B])Cc2ncc(/C(C(C)=O)=C(\C)N)cc2C(O)(O)N1C(=O)OC(C)(C)C. The van der Waals surface area contributed by atoms with E-state index in [0.717, 1.165) is 0 Å². The van der Waals surface area contributed by atoms with E-state index in [9.17, 15) is 19.8 Å². The standard InChI is InChI=1S/C18H23B2N3O5/c1-9(21)14(10(2)24)11-6-12-13(22-8-11)7-17(19,20)23(18(12,26)27)15(25)28-16(3,4)5/h6,8,26-27H,7,21H2,1-5H3/b14-9+. The van der Waals surface area contributed by atoms with Crippen LogP contribution in [0.25, 0.3) is 5.57 Å². The number of hydrogen-bond donors (Lipinski definition) is 3. The van der Waals surface area contributed by atoms with E-state index in [1.807, 2.05) is 0 Å². The van der Waals surface area contributed by atoms with Gasteiger partial charge in [-0.15, -0.1) is 0 Å². The molecule has 0 aromatic carbocycles. The molecule has 28 heavy (non-hydrogen) atoms. The number of fused-ring (bicyclic) bond motifs is 1. The van der Waals surface area contributed by atoms with Crippen LogP contribution >= 0.6 is 0 Å². The van der Waals surface area contributed by atoms with E-state index in [-0.39, 0.29) is 40.3 Å². The van der Waals surface area contributed by atoms with Crippen molar-refractivity contribution in [1.29, 1.82) is 0 Å². The summed E-state index contributed by atoms with van der Waals surface area (Å²) in [6.07, 6.45) is 0.0723. The molecule has 8 nitrogen and oxygen atoms in total. The van der Waals surface area contributed by atoms with Crippen molar-refractivity contribution in [3.8, 4) is 0 Å². The van der Waals surface area contributed by atoms with Gasteiger partial charge in [0.15, 0.2) is 5.78 Å². The maximum absolute atomic E-state index is 12.6. The zero-order valence-electron chi connectivity index (χ0n) is 16.6. The molecule has 2 rings (SSSR count). The van der Waals surface area contributed by atoms with Crippen molar-refractivity contribution in [3.63, 3.8) is 0 Å². The van der Waals surface area contributed by atoms with Gasteiger partial charge in [-0.2, -0.15) is 0 Å². The average molecular weight is 383 g/mol. The van der Waals surface area contributed by atoms with Gasteiger partial charge in [-0.05, 0) is 52.4 Å². The van der Waals surface area contributed by atoms with Gasteiger partial charge in [-0.3, -0.25) is 14.7 Å². The molecule has 0 bridgehead atoms. The number of carbonyl (C=O) groups excluding carboxylic acids is 2. The van der Waals surface area contributed by atoms with E-state index in [1.165, 1.54) is 19.2 Å². The average Bonchev–Trinajstić information content (AvgIpc) is 2.43. The van der Waals surface area contributed by atoms with Crippen LogP contribution in [0.3, 0.4) is 0 Å². The highest BCUT2D eigenvalue weighted by Gasteiger charge is 2.52. The van der Waals surface area contributed by atoms with E-state index in [2.05, 4.69) is 4.98 Å². The Hall–Kier alpha value is -2.32. The Morgan fingerprint density at radius 3 is 2.32 bits per heavy atom. The lowest BCUT2D eigenvalue weighted by atomic mass is 9.56. The van der Waals surface area contributed by atoms with E-state index < -0.39 is 22.9 Å². The molecule has 0 aliphatic carbocycles. The van der Waals surface area contributed by atoms with Crippen molar-refractivity contribution in [2.45, 2.75) is 57.9 Å². The van der Waals surface area contributed by atoms with Crippen LogP contribution in [0.1, 0.15) is 51.4 Å². The van der Waals surface area contributed by atoms with Gasteiger partial charge < -0.3 is 20.7 Å². The van der Waals surface area contributed by atoms with Crippen LogP contribution in [0, 0.1) is 0 Å². The van der Waals surface area contributed by atoms with Gasteiger partial charge in [0.2, 0.25) is 0 Å². The fourth-order valence-corrected chi connectivity index (χ4v) is 3.13. The number of allylic oxidation sites excluding steroid dienone is 2. The van der Waals surface area contributed by atoms with Crippen LogP contribution in [0.4, 0.5) is 4.79 Å². The molecule has 0 unspecified atom stereocenters. The third-order valence-corrected chi connectivity index (χ3v) is 4.12. The van der Waals surface area contributed by atoms with Gasteiger partial charge in [-0.1, -0.05) is 0 Å². The van der Waals surface area contributed by atoms with Crippen LogP contribution in [-0.4, -0.2) is 58.6 Å². The van der Waals surface area contributed by atoms with E-state index in [4.69, 9.17) is 26.2 Å². The van der Waals surface area contributed by atoms with E-state index in [0.29, 0.717) is 4.90 Å². The van der Waals surface area contributed by atoms with Crippen molar-refractivity contribution >= 4 is 33.1 Å². The van der Waals surface area contributed by atoms with Crippen molar-refractivity contribution in [1.82, 2.24) is 9.88 Å². The second-order valence-electron chi connectivity index (χ2n) is 7.95. The molecule has 1 aliphatic heterocycles. The topological polar surface area (TPSA) is 126 Å². The molecule has 1 aromatic rings. The Kier molecular flexibility index (Phi) is 5.44. The number of amides is 1. The lowest BCUT2D eigenvalue weighted by Crippen LogP contribution is -2.67. The highest BCUT2D eigenvalue weighted by molar-refractivity contribution is 6.41. The fourth-order valence-electron chi connectivity index (χ4n) is 3.13. The minimum Gasteiger partial charge on any atom is -0.444 e. The monoisotopic (exact) mass is 383 g/mol. The number of Topliss-reactive ketones (excluding diaryl/α,β-unsaturated/α-hetero) is 1. The summed E-state index contributed by atoms with van der Waals surface area (Å²) in [6, 6.07) is 1.32. The molecule has 4 radical (unpaired) electrons. The number of carbonyl (C=O) groups is 2. The number of aromatic nitrogens is 1. The summed E-state index contributed by atoms with van der Waals surface area (Å²) in [5, 5.41) is 19.7. The van der Waals surface area contributed by atoms with Crippen molar-refractivity contribution < 1.29 is 24.5 Å². The highest BCUT2D eigenvalue weighted by Crippen LogP contribution is 2.39. The molecular weight excluding hydrogens is 360 g/mol. The Balaban J connectivity index is 2.63. The number of nitrogens with two attached hydrogens (primary N) is 1. The lowest BCUT2D eigenvalue weighted by molar-refractivity contribution is -0.276. The minimum absolute atomic E-state index is 0.151. The summed E-state index contributed by atoms with van der Waals surface area (Å²) in [7, 11) is 12.0. The Morgan fingerprint density at radius 1 is 1.29 bits per heavy atom. The number of nitrogens with zero attached hydrogens (tertiary/aromatic N) is 2. The number of ether oxygens (including phenoxy) is 1. The third kappa shape index (κ3) is 4.07. The number of hydrogen-bond acceptors (Lipinski definition) is 7. The molecule has 0 atom stereocenters. The molecular formula is C18H23B2N3O5. The summed E-state index contributed by atoms with van der Waals surface area (Å²) in [5.74, 6) is -3.25. The maximum atomic E-state index is 12.6. The fraction of sp³-hybridized carbons (Fsp3) is 0.500. The first-order valence-electron chi connectivity index (χ1n) is 8.61. The van der Waals surface area contributed by atoms with E-state index >= 15 is 0 Å². The molecule has 146 valence electrons. The van der Waals surface area contributed by atoms with Crippen LogP contribution in [0.5, 0.6) is 0 Å². The van der Waals surface area contributed by atoms with Crippen molar-refractivity contribution in [2.75, 3.05) is 0 Å². The Morgan fingerprint density at radius 2 is 1.86 bits per heavy atom. The smallest absolute Gasteiger partial charge is 0.413 e. The molecule has 1 amide bonds. The summed E-state index contributed by atoms with van der Waals surface area (Å²) in [5.41, 5.74) is 5.55. The second-order valence-corrected chi connectivity index (χ2v) is 7.95. The van der Waals surface area contributed by atoms with Gasteiger partial charge >= 0.3 is 6.09 Å². The molecule has 0 saturated heterocycles. The molecule has 2 heterocycles. The quantitative estimate of drug-likeness (QED) is 0.380. The Labute approximate surface area is 166 Å². The normalized spacial score (nSPS) is 18.8. The van der Waals surface area contributed by atoms with Gasteiger partial charge in [-0.25, -0.2) is 4.79 Å². The molecule has 10 heteroatoms. The van der Waals surface area contributed by atoms with Gasteiger partial charge in [0, 0.05) is 23.0 Å². The summed E-state index contributed by atoms with van der Waals surface area (Å²) >= 11 is 0. The number of aliphatic hydroxyl groups is 2. The second kappa shape index (κ2) is 6.93. The molecule has 1 aliphatic rings. The zero-order valence-corrected chi connectivity index (χ0v) is 16.6. The number of pyridine rings is 1. The Bertz CT molecular complexity index is 855.